The van der Waals surface area contributed by atoms with Gasteiger partial charge in [-0.05, 0) is 54.1 Å². The number of nitrogens with one attached hydrogen (secondary N) is 1. The molecule has 0 saturated heterocycles. The summed E-state index contributed by atoms with van der Waals surface area (Å²) in [5, 5.41) is 4.64. The number of halogens is 2. The number of thiophene rings is 1. The zero-order valence-electron chi connectivity index (χ0n) is 16.8. The van der Waals surface area contributed by atoms with Crippen molar-refractivity contribution >= 4 is 40.1 Å². The minimum atomic E-state index is -1.04. The van der Waals surface area contributed by atoms with Crippen molar-refractivity contribution in [1.29, 1.82) is 0 Å². The zero-order chi connectivity index (χ0) is 22.0. The molecule has 7 heteroatoms. The lowest BCUT2D eigenvalue weighted by atomic mass is 10.1. The van der Waals surface area contributed by atoms with Crippen LogP contribution in [0.25, 0.3) is 5.57 Å². The third kappa shape index (κ3) is 4.14. The Morgan fingerprint density at radius 1 is 0.968 bits per heavy atom. The fourth-order valence-corrected chi connectivity index (χ4v) is 4.21. The standard InChI is InChI=1S/C24H20F2N2O2S/c1-2-3-5-15-7-10-17(11-8-15)28-23(29)21(20-6-4-13-31-20)22(24(28)30)27-16-9-12-18(25)19(26)14-16/h4,6-14,27H,2-3,5H2,1H3. The lowest BCUT2D eigenvalue weighted by Gasteiger charge is -2.16. The van der Waals surface area contributed by atoms with Gasteiger partial charge in [-0.1, -0.05) is 31.5 Å². The number of anilines is 2. The molecule has 1 N–H and O–H groups in total. The number of aryl methyl sites for hydroxylation is 1. The topological polar surface area (TPSA) is 49.4 Å². The van der Waals surface area contributed by atoms with Crippen LogP contribution >= 0.6 is 11.3 Å². The molecule has 0 atom stereocenters. The van der Waals surface area contributed by atoms with Gasteiger partial charge in [0, 0.05) is 16.6 Å². The smallest absolute Gasteiger partial charge is 0.282 e. The molecule has 0 fully saturated rings. The highest BCUT2D eigenvalue weighted by Crippen LogP contribution is 2.35. The van der Waals surface area contributed by atoms with E-state index in [1.807, 2.05) is 12.1 Å². The van der Waals surface area contributed by atoms with Crippen molar-refractivity contribution in [3.63, 3.8) is 0 Å². The van der Waals surface area contributed by atoms with Crippen molar-refractivity contribution in [2.75, 3.05) is 10.2 Å². The van der Waals surface area contributed by atoms with E-state index >= 15 is 0 Å². The average molecular weight is 438 g/mol. The van der Waals surface area contributed by atoms with Gasteiger partial charge in [0.1, 0.15) is 5.70 Å². The predicted octanol–water partition coefficient (Wildman–Crippen LogP) is 5.77. The second-order valence-electron chi connectivity index (χ2n) is 7.20. The molecule has 4 rings (SSSR count). The maximum absolute atomic E-state index is 13.7. The summed E-state index contributed by atoms with van der Waals surface area (Å²) in [6.07, 6.45) is 3.07. The number of carbonyl (C=O) groups is 2. The maximum atomic E-state index is 13.7. The molecule has 1 aliphatic heterocycles. The number of amides is 2. The van der Waals surface area contributed by atoms with Gasteiger partial charge in [0.15, 0.2) is 11.6 Å². The summed E-state index contributed by atoms with van der Waals surface area (Å²) in [5.74, 6) is -3.03. The molecular formula is C24H20F2N2O2S. The number of imide groups is 1. The third-order valence-corrected chi connectivity index (χ3v) is 5.94. The minimum absolute atomic E-state index is 0.0357. The first kappa shape index (κ1) is 20.9. The molecule has 0 unspecified atom stereocenters. The summed E-state index contributed by atoms with van der Waals surface area (Å²) < 4.78 is 27.0. The molecule has 4 nitrogen and oxygen atoms in total. The summed E-state index contributed by atoms with van der Waals surface area (Å²) in [6.45, 7) is 2.12. The normalized spacial score (nSPS) is 14.0. The number of carbonyl (C=O) groups excluding carboxylic acids is 2. The van der Waals surface area contributed by atoms with Crippen LogP contribution in [-0.4, -0.2) is 11.8 Å². The maximum Gasteiger partial charge on any atom is 0.282 e. The van der Waals surface area contributed by atoms with Crippen LogP contribution < -0.4 is 10.2 Å². The van der Waals surface area contributed by atoms with Gasteiger partial charge in [-0.3, -0.25) is 9.59 Å². The second kappa shape index (κ2) is 8.81. The Labute approximate surface area is 182 Å². The van der Waals surface area contributed by atoms with Crippen molar-refractivity contribution in [3.05, 3.63) is 87.7 Å². The molecule has 0 spiro atoms. The quantitative estimate of drug-likeness (QED) is 0.477. The van der Waals surface area contributed by atoms with Gasteiger partial charge in [0.25, 0.3) is 11.8 Å². The van der Waals surface area contributed by atoms with Crippen LogP contribution in [0.5, 0.6) is 0 Å². The Balaban J connectivity index is 1.70. The molecule has 0 aliphatic carbocycles. The van der Waals surface area contributed by atoms with E-state index in [2.05, 4.69) is 12.2 Å². The molecular weight excluding hydrogens is 418 g/mol. The van der Waals surface area contributed by atoms with E-state index in [9.17, 15) is 18.4 Å². The lowest BCUT2D eigenvalue weighted by Crippen LogP contribution is -2.32. The predicted molar refractivity (Wildman–Crippen MR) is 119 cm³/mol. The molecule has 31 heavy (non-hydrogen) atoms. The molecule has 1 aromatic heterocycles. The van der Waals surface area contributed by atoms with Crippen LogP contribution in [0.1, 0.15) is 30.2 Å². The van der Waals surface area contributed by atoms with Gasteiger partial charge in [-0.2, -0.15) is 0 Å². The Morgan fingerprint density at radius 2 is 1.74 bits per heavy atom. The Kier molecular flexibility index (Phi) is 5.95. The highest BCUT2D eigenvalue weighted by molar-refractivity contribution is 7.11. The highest BCUT2D eigenvalue weighted by atomic mass is 32.1. The summed E-state index contributed by atoms with van der Waals surface area (Å²) in [7, 11) is 0. The van der Waals surface area contributed by atoms with Crippen LogP contribution in [0.15, 0.2) is 65.7 Å². The van der Waals surface area contributed by atoms with E-state index in [0.29, 0.717) is 10.6 Å². The largest absolute Gasteiger partial charge is 0.350 e. The molecule has 0 bridgehead atoms. The van der Waals surface area contributed by atoms with E-state index < -0.39 is 23.4 Å². The molecule has 158 valence electrons. The lowest BCUT2D eigenvalue weighted by molar-refractivity contribution is -0.120. The average Bonchev–Trinajstić information content (AvgIpc) is 3.37. The van der Waals surface area contributed by atoms with Crippen LogP contribution in [0.4, 0.5) is 20.2 Å². The molecule has 2 aromatic carbocycles. The molecule has 2 amide bonds. The van der Waals surface area contributed by atoms with Crippen LogP contribution in [-0.2, 0) is 16.0 Å². The van der Waals surface area contributed by atoms with Crippen LogP contribution in [0.2, 0.25) is 0 Å². The fourth-order valence-electron chi connectivity index (χ4n) is 3.44. The molecule has 2 heterocycles. The van der Waals surface area contributed by atoms with Crippen molar-refractivity contribution < 1.29 is 18.4 Å². The monoisotopic (exact) mass is 438 g/mol. The van der Waals surface area contributed by atoms with E-state index in [0.717, 1.165) is 41.9 Å². The molecule has 3 aromatic rings. The van der Waals surface area contributed by atoms with Gasteiger partial charge in [0.05, 0.1) is 11.3 Å². The van der Waals surface area contributed by atoms with E-state index in [1.165, 1.54) is 17.4 Å². The first-order chi connectivity index (χ1) is 15.0. The van der Waals surface area contributed by atoms with Gasteiger partial charge in [0.2, 0.25) is 0 Å². The molecule has 1 aliphatic rings. The third-order valence-electron chi connectivity index (χ3n) is 5.05. The highest BCUT2D eigenvalue weighted by Gasteiger charge is 2.40. The van der Waals surface area contributed by atoms with Crippen LogP contribution in [0, 0.1) is 11.6 Å². The fraction of sp³-hybridized carbons (Fsp3) is 0.167. The van der Waals surface area contributed by atoms with Gasteiger partial charge >= 0.3 is 0 Å². The second-order valence-corrected chi connectivity index (χ2v) is 8.14. The minimum Gasteiger partial charge on any atom is -0.350 e. The van der Waals surface area contributed by atoms with E-state index in [-0.39, 0.29) is 17.0 Å². The van der Waals surface area contributed by atoms with Gasteiger partial charge < -0.3 is 5.32 Å². The number of rotatable bonds is 7. The Hall–Kier alpha value is -3.32. The van der Waals surface area contributed by atoms with E-state index in [4.69, 9.17) is 0 Å². The van der Waals surface area contributed by atoms with Gasteiger partial charge in [-0.15, -0.1) is 11.3 Å². The number of hydrogen-bond acceptors (Lipinski definition) is 4. The van der Waals surface area contributed by atoms with Gasteiger partial charge in [-0.25, -0.2) is 13.7 Å². The van der Waals surface area contributed by atoms with Crippen molar-refractivity contribution in [2.45, 2.75) is 26.2 Å². The van der Waals surface area contributed by atoms with Crippen molar-refractivity contribution in [3.8, 4) is 0 Å². The first-order valence-corrected chi connectivity index (χ1v) is 10.9. The molecule has 0 radical (unpaired) electrons. The summed E-state index contributed by atoms with van der Waals surface area (Å²) >= 11 is 1.32. The SMILES string of the molecule is CCCCc1ccc(N2C(=O)C(Nc3ccc(F)c(F)c3)=C(c3cccs3)C2=O)cc1. The first-order valence-electron chi connectivity index (χ1n) is 9.97. The van der Waals surface area contributed by atoms with E-state index in [1.54, 1.807) is 29.6 Å². The number of benzene rings is 2. The van der Waals surface area contributed by atoms with Crippen molar-refractivity contribution in [1.82, 2.24) is 0 Å². The number of hydrogen-bond donors (Lipinski definition) is 1. The summed E-state index contributed by atoms with van der Waals surface area (Å²) in [5.41, 5.74) is 2.02. The summed E-state index contributed by atoms with van der Waals surface area (Å²) in [6, 6.07) is 14.1. The number of unbranched alkanes of at least 4 members (excludes halogenated alkanes) is 1. The summed E-state index contributed by atoms with van der Waals surface area (Å²) in [4.78, 5) is 28.3. The van der Waals surface area contributed by atoms with Crippen molar-refractivity contribution in [2.24, 2.45) is 0 Å². The Morgan fingerprint density at radius 3 is 2.39 bits per heavy atom. The zero-order valence-corrected chi connectivity index (χ0v) is 17.6. The number of nitrogens with zero attached hydrogens (tertiary/aromatic N) is 1. The molecule has 0 saturated carbocycles. The van der Waals surface area contributed by atoms with Crippen LogP contribution in [0.3, 0.4) is 0 Å². The Bertz CT molecular complexity index is 1150.